The van der Waals surface area contributed by atoms with Crippen molar-refractivity contribution in [3.63, 3.8) is 0 Å². The maximum Gasteiger partial charge on any atom is 0.234 e. The van der Waals surface area contributed by atoms with Gasteiger partial charge in [-0.1, -0.05) is 12.1 Å². The number of rotatable bonds is 2. The van der Waals surface area contributed by atoms with Gasteiger partial charge >= 0.3 is 0 Å². The fraction of sp³-hybridized carbons (Fsp3) is 0.357. The number of carbonyl (C=O) groups excluding carboxylic acids is 2. The van der Waals surface area contributed by atoms with Gasteiger partial charge in [-0.05, 0) is 31.5 Å². The minimum Gasteiger partial charge on any atom is -0.305 e. The average Bonchev–Trinajstić information content (AvgIpc) is 2.69. The van der Waals surface area contributed by atoms with Gasteiger partial charge in [0.1, 0.15) is 0 Å². The SMILES string of the molecule is CC(C)(C#N)c1ccc(N2CC(=O)CC2=O)cc1. The first-order chi connectivity index (χ1) is 8.44. The van der Waals surface area contributed by atoms with Crippen LogP contribution in [0.2, 0.25) is 0 Å². The van der Waals surface area contributed by atoms with Crippen LogP contribution in [0.5, 0.6) is 0 Å². The summed E-state index contributed by atoms with van der Waals surface area (Å²) < 4.78 is 0. The third-order valence-corrected chi connectivity index (χ3v) is 3.16. The highest BCUT2D eigenvalue weighted by Crippen LogP contribution is 2.26. The van der Waals surface area contributed by atoms with Gasteiger partial charge in [0, 0.05) is 5.69 Å². The van der Waals surface area contributed by atoms with Crippen LogP contribution in [0.4, 0.5) is 5.69 Å². The molecule has 4 heteroatoms. The number of nitrogens with zero attached hydrogens (tertiary/aromatic N) is 2. The molecule has 92 valence electrons. The quantitative estimate of drug-likeness (QED) is 0.743. The largest absolute Gasteiger partial charge is 0.305 e. The molecule has 2 rings (SSSR count). The molecule has 1 aromatic rings. The van der Waals surface area contributed by atoms with Crippen LogP contribution in [0, 0.1) is 11.3 Å². The van der Waals surface area contributed by atoms with Gasteiger partial charge in [-0.3, -0.25) is 9.59 Å². The van der Waals surface area contributed by atoms with E-state index in [9.17, 15) is 9.59 Å². The van der Waals surface area contributed by atoms with Crippen LogP contribution in [-0.2, 0) is 15.0 Å². The van der Waals surface area contributed by atoms with Gasteiger partial charge in [0.15, 0.2) is 5.78 Å². The van der Waals surface area contributed by atoms with E-state index in [0.29, 0.717) is 5.69 Å². The van der Waals surface area contributed by atoms with Crippen molar-refractivity contribution >= 4 is 17.4 Å². The molecule has 0 radical (unpaired) electrons. The maximum atomic E-state index is 11.6. The van der Waals surface area contributed by atoms with E-state index in [1.165, 1.54) is 4.90 Å². The second-order valence-corrected chi connectivity index (χ2v) is 4.98. The summed E-state index contributed by atoms with van der Waals surface area (Å²) >= 11 is 0. The van der Waals surface area contributed by atoms with Gasteiger partial charge in [-0.2, -0.15) is 5.26 Å². The van der Waals surface area contributed by atoms with E-state index in [0.717, 1.165) is 5.56 Å². The second kappa shape index (κ2) is 4.26. The van der Waals surface area contributed by atoms with Crippen LogP contribution in [0.3, 0.4) is 0 Å². The highest BCUT2D eigenvalue weighted by Gasteiger charge is 2.28. The van der Waals surface area contributed by atoms with E-state index in [4.69, 9.17) is 5.26 Å². The molecule has 0 aliphatic carbocycles. The number of carbonyl (C=O) groups is 2. The number of Topliss-reactive ketones (excluding diaryl/α,β-unsaturated/α-hetero) is 1. The normalized spacial score (nSPS) is 15.9. The van der Waals surface area contributed by atoms with E-state index < -0.39 is 5.41 Å². The average molecular weight is 242 g/mol. The number of nitriles is 1. The van der Waals surface area contributed by atoms with Crippen molar-refractivity contribution in [3.05, 3.63) is 29.8 Å². The van der Waals surface area contributed by atoms with Crippen molar-refractivity contribution in [1.29, 1.82) is 5.26 Å². The van der Waals surface area contributed by atoms with E-state index >= 15 is 0 Å². The number of ketones is 1. The van der Waals surface area contributed by atoms with E-state index in [2.05, 4.69) is 6.07 Å². The fourth-order valence-electron chi connectivity index (χ4n) is 1.94. The molecule has 4 nitrogen and oxygen atoms in total. The highest BCUT2D eigenvalue weighted by molar-refractivity contribution is 6.15. The third kappa shape index (κ3) is 2.12. The monoisotopic (exact) mass is 242 g/mol. The van der Waals surface area contributed by atoms with Crippen molar-refractivity contribution in [1.82, 2.24) is 0 Å². The first kappa shape index (κ1) is 12.3. The Morgan fingerprint density at radius 2 is 1.83 bits per heavy atom. The Morgan fingerprint density at radius 1 is 1.22 bits per heavy atom. The summed E-state index contributed by atoms with van der Waals surface area (Å²) in [5.41, 5.74) is 1.05. The van der Waals surface area contributed by atoms with Crippen LogP contribution < -0.4 is 4.90 Å². The molecule has 0 atom stereocenters. The van der Waals surface area contributed by atoms with Gasteiger partial charge in [-0.15, -0.1) is 0 Å². The van der Waals surface area contributed by atoms with Gasteiger partial charge in [0.2, 0.25) is 5.91 Å². The lowest BCUT2D eigenvalue weighted by Gasteiger charge is -2.19. The maximum absolute atomic E-state index is 11.6. The molecule has 1 aliphatic rings. The molecule has 1 heterocycles. The van der Waals surface area contributed by atoms with Crippen molar-refractivity contribution in [3.8, 4) is 6.07 Å². The molecule has 0 aromatic heterocycles. The topological polar surface area (TPSA) is 61.2 Å². The Kier molecular flexibility index (Phi) is 2.92. The summed E-state index contributed by atoms with van der Waals surface area (Å²) in [6.07, 6.45) is -0.00849. The Balaban J connectivity index is 2.26. The first-order valence-electron chi connectivity index (χ1n) is 5.78. The first-order valence-corrected chi connectivity index (χ1v) is 5.78. The molecule has 0 N–H and O–H groups in total. The number of anilines is 1. The predicted octanol–water partition coefficient (Wildman–Crippen LogP) is 1.79. The smallest absolute Gasteiger partial charge is 0.234 e. The molecule has 1 amide bonds. The lowest BCUT2D eigenvalue weighted by molar-refractivity contribution is -0.121. The second-order valence-electron chi connectivity index (χ2n) is 4.98. The molecule has 0 saturated carbocycles. The number of benzene rings is 1. The zero-order chi connectivity index (χ0) is 13.3. The number of hydrogen-bond acceptors (Lipinski definition) is 3. The summed E-state index contributed by atoms with van der Waals surface area (Å²) in [6, 6.07) is 9.45. The lowest BCUT2D eigenvalue weighted by Crippen LogP contribution is -2.24. The van der Waals surface area contributed by atoms with Gasteiger partial charge in [0.25, 0.3) is 0 Å². The van der Waals surface area contributed by atoms with Gasteiger partial charge in [0.05, 0.1) is 24.4 Å². The highest BCUT2D eigenvalue weighted by atomic mass is 16.2. The van der Waals surface area contributed by atoms with Gasteiger partial charge in [-0.25, -0.2) is 0 Å². The molecule has 18 heavy (non-hydrogen) atoms. The van der Waals surface area contributed by atoms with Crippen LogP contribution in [0.25, 0.3) is 0 Å². The fourth-order valence-corrected chi connectivity index (χ4v) is 1.94. The zero-order valence-electron chi connectivity index (χ0n) is 10.4. The Hall–Kier alpha value is -2.15. The zero-order valence-corrected chi connectivity index (χ0v) is 10.4. The van der Waals surface area contributed by atoms with E-state index in [-0.39, 0.29) is 24.7 Å². The minimum absolute atomic E-state index is 0.00849. The minimum atomic E-state index is -0.552. The van der Waals surface area contributed by atoms with Crippen molar-refractivity contribution in [2.45, 2.75) is 25.7 Å². The van der Waals surface area contributed by atoms with Crippen LogP contribution in [-0.4, -0.2) is 18.2 Å². The Labute approximate surface area is 106 Å². The lowest BCUT2D eigenvalue weighted by atomic mass is 9.86. The number of hydrogen-bond donors (Lipinski definition) is 0. The third-order valence-electron chi connectivity index (χ3n) is 3.16. The molecule has 0 spiro atoms. The summed E-state index contributed by atoms with van der Waals surface area (Å²) in [5, 5.41) is 9.05. The molecule has 1 aliphatic heterocycles. The van der Waals surface area contributed by atoms with Crippen molar-refractivity contribution < 1.29 is 9.59 Å². The molecule has 1 fully saturated rings. The Bertz CT molecular complexity index is 538. The summed E-state index contributed by atoms with van der Waals surface area (Å²) in [5.74, 6) is -0.214. The predicted molar refractivity (Wildman–Crippen MR) is 67.1 cm³/mol. The van der Waals surface area contributed by atoms with E-state index in [1.54, 1.807) is 12.1 Å². The summed E-state index contributed by atoms with van der Waals surface area (Å²) in [6.45, 7) is 3.83. The van der Waals surface area contributed by atoms with Gasteiger partial charge < -0.3 is 4.90 Å². The molecule has 1 aromatic carbocycles. The van der Waals surface area contributed by atoms with Crippen molar-refractivity contribution in [2.24, 2.45) is 0 Å². The molecular formula is C14H14N2O2. The van der Waals surface area contributed by atoms with Crippen LogP contribution in [0.15, 0.2) is 24.3 Å². The summed E-state index contributed by atoms with van der Waals surface area (Å²) in [7, 11) is 0. The molecule has 0 unspecified atom stereocenters. The molecule has 1 saturated heterocycles. The standard InChI is InChI=1S/C14H14N2O2/c1-14(2,9-15)10-3-5-11(6-4-10)16-8-12(17)7-13(16)18/h3-6H,7-8H2,1-2H3. The Morgan fingerprint density at radius 3 is 2.28 bits per heavy atom. The molecule has 0 bridgehead atoms. The number of amides is 1. The van der Waals surface area contributed by atoms with Crippen LogP contribution in [0.1, 0.15) is 25.8 Å². The summed E-state index contributed by atoms with van der Waals surface area (Å²) in [4.78, 5) is 24.3. The molecular weight excluding hydrogens is 228 g/mol. The van der Waals surface area contributed by atoms with Crippen LogP contribution >= 0.6 is 0 Å². The van der Waals surface area contributed by atoms with Crippen molar-refractivity contribution in [2.75, 3.05) is 11.4 Å². The van der Waals surface area contributed by atoms with E-state index in [1.807, 2.05) is 26.0 Å².